The fourth-order valence-corrected chi connectivity index (χ4v) is 2.51. The van der Waals surface area contributed by atoms with Crippen molar-refractivity contribution in [3.8, 4) is 5.75 Å². The molecule has 0 spiro atoms. The van der Waals surface area contributed by atoms with Gasteiger partial charge in [0.15, 0.2) is 12.3 Å². The van der Waals surface area contributed by atoms with Crippen LogP contribution in [0.5, 0.6) is 5.75 Å². The molecule has 88 valence electrons. The second kappa shape index (κ2) is 3.84. The number of hydrogen-bond donors (Lipinski definition) is 0. The molecule has 17 heavy (non-hydrogen) atoms. The smallest absolute Gasteiger partial charge is 0.318 e. The van der Waals surface area contributed by atoms with E-state index in [0.717, 1.165) is 25.1 Å². The maximum absolute atomic E-state index is 10.9. The van der Waals surface area contributed by atoms with E-state index in [1.807, 2.05) is 6.07 Å². The van der Waals surface area contributed by atoms with Gasteiger partial charge in [-0.1, -0.05) is 0 Å². The van der Waals surface area contributed by atoms with E-state index in [9.17, 15) is 10.1 Å². The van der Waals surface area contributed by atoms with Crippen molar-refractivity contribution in [1.29, 1.82) is 0 Å². The highest BCUT2D eigenvalue weighted by Crippen LogP contribution is 2.39. The number of fused-ring (bicyclic) bond motifs is 2. The predicted molar refractivity (Wildman–Crippen MR) is 62.2 cm³/mol. The first-order valence-corrected chi connectivity index (χ1v) is 5.80. The molecule has 5 nitrogen and oxygen atoms in total. The van der Waals surface area contributed by atoms with E-state index in [-0.39, 0.29) is 10.6 Å². The van der Waals surface area contributed by atoms with Crippen LogP contribution in [0.15, 0.2) is 18.2 Å². The molecule has 0 atom stereocenters. The maximum atomic E-state index is 10.9. The molecule has 0 saturated heterocycles. The second-order valence-electron chi connectivity index (χ2n) is 4.35. The van der Waals surface area contributed by atoms with E-state index in [1.165, 1.54) is 18.2 Å². The molecule has 2 aliphatic rings. The Morgan fingerprint density at radius 3 is 3.06 bits per heavy atom. The molecule has 2 aliphatic heterocycles. The highest BCUT2D eigenvalue weighted by Gasteiger charge is 2.34. The summed E-state index contributed by atoms with van der Waals surface area (Å²) in [5.41, 5.74) is 2.15. The summed E-state index contributed by atoms with van der Waals surface area (Å²) in [6, 6.07) is 5.11. The van der Waals surface area contributed by atoms with Gasteiger partial charge in [-0.25, -0.2) is 0 Å². The lowest BCUT2D eigenvalue weighted by Crippen LogP contribution is -2.31. The summed E-state index contributed by atoms with van der Waals surface area (Å²) in [7, 11) is 0. The molecule has 0 radical (unpaired) electrons. The van der Waals surface area contributed by atoms with E-state index in [4.69, 9.17) is 4.74 Å². The number of nitro groups is 1. The standard InChI is InChI=1S/C12H13N2O3/c15-14(16)11-6-3-5-10-12(11)17-8-9-4-1-2-7-13(9)10/h3,5-6H,1-2,4,7-8H2/q+1. The summed E-state index contributed by atoms with van der Waals surface area (Å²) in [5.74, 6) is 0.420. The molecule has 0 fully saturated rings. The third kappa shape index (κ3) is 1.58. The lowest BCUT2D eigenvalue weighted by Gasteiger charge is -2.20. The van der Waals surface area contributed by atoms with Crippen molar-refractivity contribution in [1.82, 2.24) is 0 Å². The molecule has 5 heteroatoms. The van der Waals surface area contributed by atoms with Gasteiger partial charge in [-0.05, 0) is 12.5 Å². The third-order valence-electron chi connectivity index (χ3n) is 3.32. The Kier molecular flexibility index (Phi) is 2.31. The largest absolute Gasteiger partial charge is 0.471 e. The highest BCUT2D eigenvalue weighted by molar-refractivity contribution is 5.85. The Balaban J connectivity index is 2.16. The van der Waals surface area contributed by atoms with E-state index in [2.05, 4.69) is 4.58 Å². The van der Waals surface area contributed by atoms with Gasteiger partial charge in [0, 0.05) is 25.0 Å². The van der Waals surface area contributed by atoms with Crippen LogP contribution >= 0.6 is 0 Å². The Labute approximate surface area is 98.5 Å². The molecule has 3 rings (SSSR count). The summed E-state index contributed by atoms with van der Waals surface area (Å²) in [6.07, 6.45) is 3.34. The van der Waals surface area contributed by atoms with Crippen LogP contribution < -0.4 is 4.74 Å². The minimum absolute atomic E-state index is 0.0622. The fraction of sp³-hybridized carbons (Fsp3) is 0.417. The molecule has 0 aliphatic carbocycles. The first kappa shape index (κ1) is 10.3. The van der Waals surface area contributed by atoms with Crippen LogP contribution in [0.1, 0.15) is 19.3 Å². The fourth-order valence-electron chi connectivity index (χ4n) is 2.51. The molecule has 0 unspecified atom stereocenters. The summed E-state index contributed by atoms with van der Waals surface area (Å²) >= 11 is 0. The normalized spacial score (nSPS) is 18.1. The van der Waals surface area contributed by atoms with Crippen molar-refractivity contribution in [3.63, 3.8) is 0 Å². The number of benzene rings is 1. The Morgan fingerprint density at radius 1 is 1.35 bits per heavy atom. The van der Waals surface area contributed by atoms with Gasteiger partial charge in [0.2, 0.25) is 0 Å². The van der Waals surface area contributed by atoms with Crippen LogP contribution in [0.2, 0.25) is 0 Å². The highest BCUT2D eigenvalue weighted by atomic mass is 16.6. The zero-order chi connectivity index (χ0) is 11.8. The van der Waals surface area contributed by atoms with Crippen molar-refractivity contribution < 1.29 is 14.2 Å². The van der Waals surface area contributed by atoms with E-state index >= 15 is 0 Å². The molecule has 0 amide bonds. The minimum atomic E-state index is -0.381. The number of ether oxygens (including phenoxy) is 1. The molecular weight excluding hydrogens is 220 g/mol. The molecule has 0 saturated carbocycles. The van der Waals surface area contributed by atoms with Crippen molar-refractivity contribution >= 4 is 17.1 Å². The van der Waals surface area contributed by atoms with Crippen molar-refractivity contribution in [2.45, 2.75) is 19.3 Å². The van der Waals surface area contributed by atoms with Crippen molar-refractivity contribution in [3.05, 3.63) is 28.3 Å². The number of para-hydroxylation sites is 1. The monoisotopic (exact) mass is 233 g/mol. The Hall–Kier alpha value is -1.91. The van der Waals surface area contributed by atoms with E-state index < -0.39 is 0 Å². The zero-order valence-electron chi connectivity index (χ0n) is 9.39. The predicted octanol–water partition coefficient (Wildman–Crippen LogP) is 2.26. The third-order valence-corrected chi connectivity index (χ3v) is 3.32. The van der Waals surface area contributed by atoms with Gasteiger partial charge in [-0.2, -0.15) is 4.58 Å². The Morgan fingerprint density at radius 2 is 2.24 bits per heavy atom. The summed E-state index contributed by atoms with van der Waals surface area (Å²) in [4.78, 5) is 10.6. The Bertz CT molecular complexity index is 522. The van der Waals surface area contributed by atoms with Gasteiger partial charge in [-0.15, -0.1) is 0 Å². The van der Waals surface area contributed by atoms with Crippen LogP contribution in [0.25, 0.3) is 0 Å². The molecule has 0 N–H and O–H groups in total. The second-order valence-corrected chi connectivity index (χ2v) is 4.35. The van der Waals surface area contributed by atoms with Crippen molar-refractivity contribution in [2.75, 3.05) is 13.2 Å². The van der Waals surface area contributed by atoms with Crippen LogP contribution in [0.4, 0.5) is 11.4 Å². The lowest BCUT2D eigenvalue weighted by molar-refractivity contribution is -0.454. The van der Waals surface area contributed by atoms with Gasteiger partial charge in [-0.3, -0.25) is 10.1 Å². The average Bonchev–Trinajstić information content (AvgIpc) is 2.37. The van der Waals surface area contributed by atoms with Gasteiger partial charge in [0.25, 0.3) is 11.4 Å². The SMILES string of the molecule is O=[N+]([O-])c1cccc2c1OCC1=[N+]2CCCC1. The maximum Gasteiger partial charge on any atom is 0.318 e. The quantitative estimate of drug-likeness (QED) is 0.424. The summed E-state index contributed by atoms with van der Waals surface area (Å²) < 4.78 is 7.74. The van der Waals surface area contributed by atoms with Crippen LogP contribution in [-0.4, -0.2) is 28.4 Å². The topological polar surface area (TPSA) is 55.4 Å². The van der Waals surface area contributed by atoms with Crippen LogP contribution in [-0.2, 0) is 0 Å². The molecule has 2 heterocycles. The van der Waals surface area contributed by atoms with Crippen molar-refractivity contribution in [2.24, 2.45) is 0 Å². The number of nitrogens with zero attached hydrogens (tertiary/aromatic N) is 2. The van der Waals surface area contributed by atoms with Gasteiger partial charge >= 0.3 is 5.69 Å². The molecule has 0 bridgehead atoms. The van der Waals surface area contributed by atoms with E-state index in [0.29, 0.717) is 12.4 Å². The van der Waals surface area contributed by atoms with Gasteiger partial charge in [0.1, 0.15) is 6.54 Å². The summed E-state index contributed by atoms with van der Waals surface area (Å²) in [6.45, 7) is 1.42. The number of rotatable bonds is 1. The number of hydrogen-bond acceptors (Lipinski definition) is 3. The summed E-state index contributed by atoms with van der Waals surface area (Å²) in [5, 5.41) is 10.9. The molecular formula is C12H13N2O3+. The van der Waals surface area contributed by atoms with Gasteiger partial charge < -0.3 is 4.74 Å². The van der Waals surface area contributed by atoms with Crippen LogP contribution in [0, 0.1) is 10.1 Å². The van der Waals surface area contributed by atoms with Gasteiger partial charge in [0.05, 0.1) is 4.92 Å². The molecule has 1 aromatic carbocycles. The van der Waals surface area contributed by atoms with E-state index in [1.54, 1.807) is 6.07 Å². The average molecular weight is 233 g/mol. The van der Waals surface area contributed by atoms with Crippen LogP contribution in [0.3, 0.4) is 0 Å². The number of nitro benzene ring substituents is 1. The minimum Gasteiger partial charge on any atom is -0.471 e. The first-order valence-electron chi connectivity index (χ1n) is 5.80. The molecule has 0 aromatic heterocycles. The molecule has 1 aromatic rings. The lowest BCUT2D eigenvalue weighted by atomic mass is 10.1. The zero-order valence-corrected chi connectivity index (χ0v) is 9.39. The first-order chi connectivity index (χ1) is 8.27.